The highest BCUT2D eigenvalue weighted by Crippen LogP contribution is 2.34. The second-order valence-corrected chi connectivity index (χ2v) is 3.57. The summed E-state index contributed by atoms with van der Waals surface area (Å²) >= 11 is 0. The summed E-state index contributed by atoms with van der Waals surface area (Å²) < 4.78 is 46.0. The number of rotatable bonds is 4. The molecule has 0 radical (unpaired) electrons. The lowest BCUT2D eigenvalue weighted by Crippen LogP contribution is -2.17. The van der Waals surface area contributed by atoms with Crippen LogP contribution in [0.25, 0.3) is 0 Å². The third-order valence-electron chi connectivity index (χ3n) is 2.14. The summed E-state index contributed by atoms with van der Waals surface area (Å²) in [5.41, 5.74) is 0. The van der Waals surface area contributed by atoms with E-state index < -0.39 is 12.1 Å². The molecule has 0 amide bonds. The van der Waals surface area contributed by atoms with Crippen LogP contribution >= 0.6 is 0 Å². The number of hydrogen-bond acceptors (Lipinski definition) is 5. The van der Waals surface area contributed by atoms with E-state index in [1.165, 1.54) is 30.5 Å². The Kier molecular flexibility index (Phi) is 3.92. The molecule has 1 aromatic carbocycles. The van der Waals surface area contributed by atoms with E-state index in [2.05, 4.69) is 20.0 Å². The lowest BCUT2D eigenvalue weighted by atomic mass is 10.3. The van der Waals surface area contributed by atoms with Crippen LogP contribution in [0.15, 0.2) is 36.5 Å². The van der Waals surface area contributed by atoms with E-state index in [4.69, 9.17) is 4.74 Å². The fraction of sp³-hybridized carbons (Fsp3) is 0.167. The van der Waals surface area contributed by atoms with Crippen LogP contribution in [0.2, 0.25) is 0 Å². The van der Waals surface area contributed by atoms with E-state index in [0.29, 0.717) is 0 Å². The Morgan fingerprint density at radius 1 is 1.10 bits per heavy atom. The predicted octanol–water partition coefficient (Wildman–Crippen LogP) is 3.21. The van der Waals surface area contributed by atoms with Gasteiger partial charge in [-0.1, -0.05) is 12.1 Å². The summed E-state index contributed by atoms with van der Waals surface area (Å²) in [7, 11) is 1.61. The fourth-order valence-corrected chi connectivity index (χ4v) is 1.38. The Balaban J connectivity index is 2.24. The molecule has 0 bridgehead atoms. The molecule has 0 atom stereocenters. The van der Waals surface area contributed by atoms with Crippen molar-refractivity contribution in [1.29, 1.82) is 0 Å². The van der Waals surface area contributed by atoms with Crippen LogP contribution < -0.4 is 14.8 Å². The normalized spacial score (nSPS) is 11.0. The molecule has 0 saturated carbocycles. The quantitative estimate of drug-likeness (QED) is 0.934. The average molecular weight is 285 g/mol. The molecule has 0 aliphatic rings. The summed E-state index contributed by atoms with van der Waals surface area (Å²) in [5.74, 6) is -0.144. The summed E-state index contributed by atoms with van der Waals surface area (Å²) in [6.45, 7) is 0. The number of ether oxygens (including phenoxy) is 2. The largest absolute Gasteiger partial charge is 0.573 e. The number of alkyl halides is 3. The molecule has 1 aromatic heterocycles. The molecule has 5 nitrogen and oxygen atoms in total. The summed E-state index contributed by atoms with van der Waals surface area (Å²) in [6.07, 6.45) is -3.37. The fourth-order valence-electron chi connectivity index (χ4n) is 1.38. The molecule has 2 aromatic rings. The predicted molar refractivity (Wildman–Crippen MR) is 64.8 cm³/mol. The molecule has 1 N–H and O–H groups in total. The Labute approximate surface area is 112 Å². The Bertz CT molecular complexity index is 590. The van der Waals surface area contributed by atoms with Gasteiger partial charge in [0.05, 0.1) is 0 Å². The Morgan fingerprint density at radius 2 is 1.80 bits per heavy atom. The van der Waals surface area contributed by atoms with Crippen LogP contribution in [-0.4, -0.2) is 23.4 Å². The summed E-state index contributed by atoms with van der Waals surface area (Å²) in [5, 5.41) is 2.69. The molecule has 0 unspecified atom stereocenters. The highest BCUT2D eigenvalue weighted by Gasteiger charge is 2.32. The standard InChI is InChI=1S/C12H10F3N3O2/c1-16-11-17-7-6-10(18-11)19-8-4-2-3-5-9(8)20-12(13,14)15/h2-7H,1H3,(H,16,17,18). The Morgan fingerprint density at radius 3 is 2.45 bits per heavy atom. The second kappa shape index (κ2) is 5.64. The maximum atomic E-state index is 12.3. The first-order chi connectivity index (χ1) is 9.48. The van der Waals surface area contributed by atoms with Gasteiger partial charge in [-0.05, 0) is 12.1 Å². The first-order valence-corrected chi connectivity index (χ1v) is 5.51. The van der Waals surface area contributed by atoms with E-state index in [9.17, 15) is 13.2 Å². The minimum atomic E-state index is -4.79. The summed E-state index contributed by atoms with van der Waals surface area (Å²) in [4.78, 5) is 7.81. The zero-order chi connectivity index (χ0) is 14.6. The third-order valence-corrected chi connectivity index (χ3v) is 2.14. The highest BCUT2D eigenvalue weighted by molar-refractivity contribution is 5.42. The molecular weight excluding hydrogens is 275 g/mol. The van der Waals surface area contributed by atoms with Crippen LogP contribution in [0.3, 0.4) is 0 Å². The molecule has 0 saturated heterocycles. The maximum absolute atomic E-state index is 12.3. The van der Waals surface area contributed by atoms with Crippen molar-refractivity contribution in [2.24, 2.45) is 0 Å². The van der Waals surface area contributed by atoms with Crippen molar-refractivity contribution < 1.29 is 22.6 Å². The van der Waals surface area contributed by atoms with Crippen molar-refractivity contribution in [1.82, 2.24) is 9.97 Å². The molecule has 0 spiro atoms. The van der Waals surface area contributed by atoms with E-state index in [1.807, 2.05) is 0 Å². The zero-order valence-corrected chi connectivity index (χ0v) is 10.3. The molecule has 106 valence electrons. The van der Waals surface area contributed by atoms with Gasteiger partial charge in [-0.15, -0.1) is 13.2 Å². The molecule has 0 aliphatic heterocycles. The topological polar surface area (TPSA) is 56.3 Å². The van der Waals surface area contributed by atoms with Crippen molar-refractivity contribution in [3.05, 3.63) is 36.5 Å². The van der Waals surface area contributed by atoms with E-state index in [1.54, 1.807) is 7.05 Å². The maximum Gasteiger partial charge on any atom is 0.573 e. The zero-order valence-electron chi connectivity index (χ0n) is 10.3. The summed E-state index contributed by atoms with van der Waals surface area (Å²) in [6, 6.07) is 6.86. The number of aromatic nitrogens is 2. The second-order valence-electron chi connectivity index (χ2n) is 3.57. The van der Waals surface area contributed by atoms with Crippen LogP contribution in [0.4, 0.5) is 19.1 Å². The highest BCUT2D eigenvalue weighted by atomic mass is 19.4. The Hall–Kier alpha value is -2.51. The first kappa shape index (κ1) is 13.9. The number of hydrogen-bond donors (Lipinski definition) is 1. The lowest BCUT2D eigenvalue weighted by molar-refractivity contribution is -0.275. The van der Waals surface area contributed by atoms with Crippen LogP contribution in [0.1, 0.15) is 0 Å². The van der Waals surface area contributed by atoms with Crippen LogP contribution in [-0.2, 0) is 0 Å². The molecule has 0 aliphatic carbocycles. The number of nitrogens with zero attached hydrogens (tertiary/aromatic N) is 2. The third kappa shape index (κ3) is 3.74. The van der Waals surface area contributed by atoms with Gasteiger partial charge in [0.1, 0.15) is 0 Å². The van der Waals surface area contributed by atoms with Gasteiger partial charge < -0.3 is 14.8 Å². The van der Waals surface area contributed by atoms with Gasteiger partial charge in [-0.25, -0.2) is 4.98 Å². The molecule has 1 heterocycles. The first-order valence-electron chi connectivity index (χ1n) is 5.51. The average Bonchev–Trinajstić information content (AvgIpc) is 2.40. The molecule has 20 heavy (non-hydrogen) atoms. The monoisotopic (exact) mass is 285 g/mol. The van der Waals surface area contributed by atoms with Gasteiger partial charge in [0.25, 0.3) is 0 Å². The van der Waals surface area contributed by atoms with Crippen molar-refractivity contribution in [3.63, 3.8) is 0 Å². The molecule has 0 fully saturated rings. The smallest absolute Gasteiger partial charge is 0.435 e. The van der Waals surface area contributed by atoms with Crippen LogP contribution in [0.5, 0.6) is 17.4 Å². The van der Waals surface area contributed by atoms with Crippen molar-refractivity contribution >= 4 is 5.95 Å². The molecule has 2 rings (SSSR count). The number of anilines is 1. The van der Waals surface area contributed by atoms with Crippen molar-refractivity contribution in [2.75, 3.05) is 12.4 Å². The van der Waals surface area contributed by atoms with Gasteiger partial charge >= 0.3 is 6.36 Å². The molecular formula is C12H10F3N3O2. The van der Waals surface area contributed by atoms with Crippen LogP contribution in [0, 0.1) is 0 Å². The number of para-hydroxylation sites is 2. The van der Waals surface area contributed by atoms with Crippen molar-refractivity contribution in [2.45, 2.75) is 6.36 Å². The van der Waals surface area contributed by atoms with Gasteiger partial charge in [0, 0.05) is 19.3 Å². The minimum absolute atomic E-state index is 0.0921. The van der Waals surface area contributed by atoms with Gasteiger partial charge in [-0.2, -0.15) is 4.98 Å². The minimum Gasteiger partial charge on any atom is -0.435 e. The number of halogens is 3. The van der Waals surface area contributed by atoms with Gasteiger partial charge in [0.15, 0.2) is 11.5 Å². The van der Waals surface area contributed by atoms with Gasteiger partial charge in [-0.3, -0.25) is 0 Å². The van der Waals surface area contributed by atoms with Crippen molar-refractivity contribution in [3.8, 4) is 17.4 Å². The van der Waals surface area contributed by atoms with E-state index in [0.717, 1.165) is 6.07 Å². The number of nitrogens with one attached hydrogen (secondary N) is 1. The lowest BCUT2D eigenvalue weighted by Gasteiger charge is -2.13. The van der Waals surface area contributed by atoms with Gasteiger partial charge in [0.2, 0.25) is 11.8 Å². The SMILES string of the molecule is CNc1nccc(Oc2ccccc2OC(F)(F)F)n1. The number of benzene rings is 1. The van der Waals surface area contributed by atoms with E-state index in [-0.39, 0.29) is 17.6 Å². The molecule has 8 heteroatoms. The van der Waals surface area contributed by atoms with E-state index >= 15 is 0 Å².